The van der Waals surface area contributed by atoms with Gasteiger partial charge in [-0.25, -0.2) is 17.6 Å². The lowest BCUT2D eigenvalue weighted by Gasteiger charge is -2.27. The predicted octanol–water partition coefficient (Wildman–Crippen LogP) is 2.90. The standard InChI is InChI=1S/C17H11FN2O4S/c1-24-17(21)11-4-2-5-12(8-11)20-10-13(9-19)25(22,23)16-14(18)6-3-7-15(16)20/h2-8,10H,1H3. The highest BCUT2D eigenvalue weighted by Gasteiger charge is 2.35. The number of allylic oxidation sites excluding steroid dienone is 1. The Morgan fingerprint density at radius 3 is 2.64 bits per heavy atom. The molecule has 0 fully saturated rings. The summed E-state index contributed by atoms with van der Waals surface area (Å²) in [5, 5.41) is 9.17. The minimum absolute atomic E-state index is 0.0565. The van der Waals surface area contributed by atoms with Crippen LogP contribution in [0.1, 0.15) is 10.4 Å². The smallest absolute Gasteiger partial charge is 0.337 e. The van der Waals surface area contributed by atoms with Gasteiger partial charge in [0.25, 0.3) is 0 Å². The summed E-state index contributed by atoms with van der Waals surface area (Å²) in [5.74, 6) is -1.53. The Balaban J connectivity index is 2.26. The molecule has 0 N–H and O–H groups in total. The summed E-state index contributed by atoms with van der Waals surface area (Å²) < 4.78 is 43.7. The second-order valence-electron chi connectivity index (χ2n) is 5.11. The highest BCUT2D eigenvalue weighted by atomic mass is 32.2. The molecule has 0 saturated heterocycles. The first-order valence-electron chi connectivity index (χ1n) is 7.03. The van der Waals surface area contributed by atoms with E-state index in [1.807, 2.05) is 0 Å². The van der Waals surface area contributed by atoms with Gasteiger partial charge in [0.2, 0.25) is 9.84 Å². The Hall–Kier alpha value is -3.18. The quantitative estimate of drug-likeness (QED) is 0.767. The monoisotopic (exact) mass is 358 g/mol. The predicted molar refractivity (Wildman–Crippen MR) is 87.2 cm³/mol. The Morgan fingerprint density at radius 2 is 1.96 bits per heavy atom. The van der Waals surface area contributed by atoms with E-state index in [1.165, 1.54) is 36.3 Å². The number of methoxy groups -OCH3 is 1. The Morgan fingerprint density at radius 1 is 1.24 bits per heavy atom. The minimum Gasteiger partial charge on any atom is -0.465 e. The van der Waals surface area contributed by atoms with Crippen molar-refractivity contribution in [3.8, 4) is 6.07 Å². The van der Waals surface area contributed by atoms with Crippen LogP contribution in [-0.2, 0) is 14.6 Å². The Kier molecular flexibility index (Phi) is 4.02. The summed E-state index contributed by atoms with van der Waals surface area (Å²) in [5.41, 5.74) is 0.678. The van der Waals surface area contributed by atoms with Gasteiger partial charge in [0.1, 0.15) is 16.8 Å². The zero-order valence-corrected chi connectivity index (χ0v) is 13.7. The van der Waals surface area contributed by atoms with Gasteiger partial charge in [0.05, 0.1) is 18.4 Å². The molecule has 0 unspecified atom stereocenters. The highest BCUT2D eigenvalue weighted by Crippen LogP contribution is 2.40. The van der Waals surface area contributed by atoms with Gasteiger partial charge in [-0.3, -0.25) is 0 Å². The molecule has 0 amide bonds. The number of anilines is 2. The third kappa shape index (κ3) is 2.64. The van der Waals surface area contributed by atoms with Crippen molar-refractivity contribution in [3.63, 3.8) is 0 Å². The summed E-state index contributed by atoms with van der Waals surface area (Å²) in [4.78, 5) is 11.9. The number of fused-ring (bicyclic) bond motifs is 1. The molecule has 25 heavy (non-hydrogen) atoms. The average molecular weight is 358 g/mol. The van der Waals surface area contributed by atoms with E-state index in [0.29, 0.717) is 5.69 Å². The molecule has 8 heteroatoms. The molecule has 0 atom stereocenters. The highest BCUT2D eigenvalue weighted by molar-refractivity contribution is 7.95. The minimum atomic E-state index is -4.24. The summed E-state index contributed by atoms with van der Waals surface area (Å²) in [6.45, 7) is 0. The molecule has 0 aliphatic carbocycles. The molecule has 126 valence electrons. The molecule has 1 aliphatic rings. The number of carbonyl (C=O) groups excluding carboxylic acids is 1. The van der Waals surface area contributed by atoms with Gasteiger partial charge in [-0.15, -0.1) is 0 Å². The number of esters is 1. The number of sulfone groups is 1. The molecule has 6 nitrogen and oxygen atoms in total. The maximum Gasteiger partial charge on any atom is 0.337 e. The van der Waals surface area contributed by atoms with Crippen molar-refractivity contribution in [2.75, 3.05) is 12.0 Å². The summed E-state index contributed by atoms with van der Waals surface area (Å²) >= 11 is 0. The zero-order valence-electron chi connectivity index (χ0n) is 12.9. The molecule has 0 radical (unpaired) electrons. The molecule has 2 aromatic carbocycles. The summed E-state index contributed by atoms with van der Waals surface area (Å²) in [6, 6.07) is 11.5. The van der Waals surface area contributed by atoms with Crippen LogP contribution in [0.15, 0.2) is 58.5 Å². The maximum absolute atomic E-state index is 14.2. The fourth-order valence-corrected chi connectivity index (χ4v) is 3.87. The van der Waals surface area contributed by atoms with Crippen molar-refractivity contribution >= 4 is 27.2 Å². The van der Waals surface area contributed by atoms with Gasteiger partial charge in [-0.1, -0.05) is 12.1 Å². The molecule has 0 spiro atoms. The van der Waals surface area contributed by atoms with Crippen molar-refractivity contribution in [3.05, 3.63) is 65.0 Å². The first-order valence-corrected chi connectivity index (χ1v) is 8.51. The Bertz CT molecular complexity index is 1050. The number of carbonyl (C=O) groups is 1. The number of rotatable bonds is 2. The lowest BCUT2D eigenvalue weighted by Crippen LogP contribution is -2.22. The van der Waals surface area contributed by atoms with Gasteiger partial charge in [0, 0.05) is 11.9 Å². The summed E-state index contributed by atoms with van der Waals surface area (Å²) in [7, 11) is -3.01. The molecular weight excluding hydrogens is 347 g/mol. The topological polar surface area (TPSA) is 87.5 Å². The number of halogens is 1. The zero-order chi connectivity index (χ0) is 18.2. The van der Waals surface area contributed by atoms with Crippen LogP contribution in [0.2, 0.25) is 0 Å². The van der Waals surface area contributed by atoms with Crippen molar-refractivity contribution in [2.24, 2.45) is 0 Å². The van der Waals surface area contributed by atoms with E-state index in [9.17, 15) is 17.6 Å². The van der Waals surface area contributed by atoms with Crippen LogP contribution >= 0.6 is 0 Å². The van der Waals surface area contributed by atoms with E-state index in [0.717, 1.165) is 12.3 Å². The second-order valence-corrected chi connectivity index (χ2v) is 6.96. The molecule has 3 rings (SSSR count). The van der Waals surface area contributed by atoms with Gasteiger partial charge >= 0.3 is 5.97 Å². The summed E-state index contributed by atoms with van der Waals surface area (Å²) in [6.07, 6.45) is 1.10. The van der Waals surface area contributed by atoms with Crippen molar-refractivity contribution < 1.29 is 22.3 Å². The van der Waals surface area contributed by atoms with Crippen LogP contribution in [0.4, 0.5) is 15.8 Å². The van der Waals surface area contributed by atoms with E-state index >= 15 is 0 Å². The van der Waals surface area contributed by atoms with Crippen LogP contribution in [-0.4, -0.2) is 21.5 Å². The van der Waals surface area contributed by atoms with E-state index in [2.05, 4.69) is 4.74 Å². The number of nitriles is 1. The molecule has 2 aromatic rings. The lowest BCUT2D eigenvalue weighted by atomic mass is 10.1. The van der Waals surface area contributed by atoms with E-state index in [-0.39, 0.29) is 11.3 Å². The number of hydrogen-bond donors (Lipinski definition) is 0. The molecule has 0 bridgehead atoms. The first kappa shape index (κ1) is 16.7. The van der Waals surface area contributed by atoms with Crippen LogP contribution in [0, 0.1) is 17.1 Å². The van der Waals surface area contributed by atoms with Crippen molar-refractivity contribution in [2.45, 2.75) is 4.90 Å². The number of benzene rings is 2. The average Bonchev–Trinajstić information content (AvgIpc) is 2.61. The van der Waals surface area contributed by atoms with Crippen molar-refractivity contribution in [1.82, 2.24) is 0 Å². The van der Waals surface area contributed by atoms with E-state index in [4.69, 9.17) is 5.26 Å². The fraction of sp³-hybridized carbons (Fsp3) is 0.0588. The van der Waals surface area contributed by atoms with E-state index < -0.39 is 31.4 Å². The van der Waals surface area contributed by atoms with Crippen LogP contribution in [0.25, 0.3) is 0 Å². The molecule has 1 heterocycles. The van der Waals surface area contributed by atoms with Gasteiger partial charge < -0.3 is 9.64 Å². The first-order chi connectivity index (χ1) is 11.9. The second kappa shape index (κ2) is 6.03. The number of nitrogens with zero attached hydrogens (tertiary/aromatic N) is 2. The number of hydrogen-bond acceptors (Lipinski definition) is 6. The van der Waals surface area contributed by atoms with E-state index in [1.54, 1.807) is 18.2 Å². The lowest BCUT2D eigenvalue weighted by molar-refractivity contribution is 0.0600. The largest absolute Gasteiger partial charge is 0.465 e. The molecule has 0 saturated carbocycles. The number of ether oxygens (including phenoxy) is 1. The molecule has 1 aliphatic heterocycles. The normalized spacial score (nSPS) is 14.9. The van der Waals surface area contributed by atoms with Crippen LogP contribution < -0.4 is 4.90 Å². The molecule has 0 aromatic heterocycles. The van der Waals surface area contributed by atoms with Crippen molar-refractivity contribution in [1.29, 1.82) is 5.26 Å². The third-order valence-electron chi connectivity index (χ3n) is 3.67. The Labute approximate surface area is 143 Å². The SMILES string of the molecule is COC(=O)c1cccc(N2C=C(C#N)S(=O)(=O)c3c(F)cccc32)c1. The molecular formula is C17H11FN2O4S. The third-order valence-corrected chi connectivity index (χ3v) is 5.38. The van der Waals surface area contributed by atoms with Gasteiger partial charge in [-0.2, -0.15) is 5.26 Å². The van der Waals surface area contributed by atoms with Gasteiger partial charge in [-0.05, 0) is 30.3 Å². The van der Waals surface area contributed by atoms with Crippen LogP contribution in [0.5, 0.6) is 0 Å². The fourth-order valence-electron chi connectivity index (χ4n) is 2.52. The van der Waals surface area contributed by atoms with Gasteiger partial charge in [0.15, 0.2) is 4.91 Å². The maximum atomic E-state index is 14.2. The van der Waals surface area contributed by atoms with Crippen LogP contribution in [0.3, 0.4) is 0 Å².